The number of fused-ring (bicyclic) bond motifs is 1. The molecule has 1 saturated heterocycles. The molecule has 5 nitrogen and oxygen atoms in total. The highest BCUT2D eigenvalue weighted by molar-refractivity contribution is 5.85. The molecule has 0 aliphatic carbocycles. The number of ether oxygens (including phenoxy) is 1. The fourth-order valence-corrected chi connectivity index (χ4v) is 2.30. The average Bonchev–Trinajstić information content (AvgIpc) is 2.83. The van der Waals surface area contributed by atoms with Gasteiger partial charge in [-0.1, -0.05) is 12.1 Å². The van der Waals surface area contributed by atoms with E-state index in [1.165, 1.54) is 0 Å². The monoisotopic (exact) mass is 280 g/mol. The zero-order valence-corrected chi connectivity index (χ0v) is 11.6. The number of hydrogen-bond acceptors (Lipinski definition) is 5. The van der Waals surface area contributed by atoms with Gasteiger partial charge in [0.25, 0.3) is 5.88 Å². The molecule has 1 unspecified atom stereocenters. The molecule has 0 radical (unpaired) electrons. The number of hydrogen-bond donors (Lipinski definition) is 1. The van der Waals surface area contributed by atoms with E-state index in [9.17, 15) is 0 Å². The lowest BCUT2D eigenvalue weighted by Crippen LogP contribution is -2.27. The van der Waals surface area contributed by atoms with Crippen LogP contribution in [0.5, 0.6) is 5.88 Å². The van der Waals surface area contributed by atoms with Crippen molar-refractivity contribution in [2.24, 2.45) is 5.73 Å². The smallest absolute Gasteiger partial charge is 0.257 e. The Labute approximate surface area is 118 Å². The summed E-state index contributed by atoms with van der Waals surface area (Å²) in [6, 6.07) is 8.01. The quantitative estimate of drug-likeness (QED) is 0.905. The van der Waals surface area contributed by atoms with E-state index < -0.39 is 0 Å². The number of benzene rings is 1. The molecular weight excluding hydrogens is 264 g/mol. The SMILES string of the molecule is COc1nc2ccccc2nc1N1CCC(N)C1.Cl. The Hall–Kier alpha value is -1.59. The minimum Gasteiger partial charge on any atom is -0.478 e. The van der Waals surface area contributed by atoms with Gasteiger partial charge in [-0.05, 0) is 18.6 Å². The van der Waals surface area contributed by atoms with Crippen molar-refractivity contribution in [3.8, 4) is 5.88 Å². The van der Waals surface area contributed by atoms with Gasteiger partial charge >= 0.3 is 0 Å². The Morgan fingerprint density at radius 2 is 1.95 bits per heavy atom. The predicted octanol–water partition coefficient (Wildman–Crippen LogP) is 1.60. The lowest BCUT2D eigenvalue weighted by atomic mass is 10.3. The first kappa shape index (κ1) is 13.8. The van der Waals surface area contributed by atoms with Crippen molar-refractivity contribution in [2.75, 3.05) is 25.1 Å². The first-order valence-corrected chi connectivity index (χ1v) is 6.09. The van der Waals surface area contributed by atoms with Crippen molar-refractivity contribution in [1.29, 1.82) is 0 Å². The maximum absolute atomic E-state index is 5.94. The highest BCUT2D eigenvalue weighted by Gasteiger charge is 2.24. The van der Waals surface area contributed by atoms with Crippen LogP contribution < -0.4 is 15.4 Å². The second-order valence-electron chi connectivity index (χ2n) is 4.54. The topological polar surface area (TPSA) is 64.3 Å². The van der Waals surface area contributed by atoms with Crippen LogP contribution in [0.15, 0.2) is 24.3 Å². The minimum absolute atomic E-state index is 0. The summed E-state index contributed by atoms with van der Waals surface area (Å²) < 4.78 is 5.34. The van der Waals surface area contributed by atoms with Gasteiger partial charge in [0.2, 0.25) is 0 Å². The van der Waals surface area contributed by atoms with E-state index in [2.05, 4.69) is 14.9 Å². The summed E-state index contributed by atoms with van der Waals surface area (Å²) in [6.45, 7) is 1.72. The van der Waals surface area contributed by atoms with Gasteiger partial charge in [0.05, 0.1) is 18.1 Å². The maximum Gasteiger partial charge on any atom is 0.257 e. The van der Waals surface area contributed by atoms with Crippen LogP contribution in [0.4, 0.5) is 5.82 Å². The summed E-state index contributed by atoms with van der Waals surface area (Å²) >= 11 is 0. The van der Waals surface area contributed by atoms with Crippen molar-refractivity contribution in [3.63, 3.8) is 0 Å². The highest BCUT2D eigenvalue weighted by Crippen LogP contribution is 2.28. The van der Waals surface area contributed by atoms with Crippen LogP contribution in [0.1, 0.15) is 6.42 Å². The third-order valence-electron chi connectivity index (χ3n) is 3.24. The number of aromatic nitrogens is 2. The fraction of sp³-hybridized carbons (Fsp3) is 0.385. The third kappa shape index (κ3) is 2.57. The molecule has 1 aromatic heterocycles. The molecule has 1 aromatic carbocycles. The van der Waals surface area contributed by atoms with Crippen LogP contribution in [0.2, 0.25) is 0 Å². The van der Waals surface area contributed by atoms with Crippen LogP contribution in [0, 0.1) is 0 Å². The predicted molar refractivity (Wildman–Crippen MR) is 78.1 cm³/mol. The Morgan fingerprint density at radius 3 is 2.53 bits per heavy atom. The number of rotatable bonds is 2. The van der Waals surface area contributed by atoms with Crippen molar-refractivity contribution < 1.29 is 4.74 Å². The molecule has 2 aromatic rings. The van der Waals surface area contributed by atoms with E-state index in [0.717, 1.165) is 36.4 Å². The van der Waals surface area contributed by atoms with Gasteiger partial charge in [-0.15, -0.1) is 12.4 Å². The van der Waals surface area contributed by atoms with E-state index >= 15 is 0 Å². The molecule has 1 aliphatic heterocycles. The number of para-hydroxylation sites is 2. The van der Waals surface area contributed by atoms with Crippen molar-refractivity contribution >= 4 is 29.3 Å². The van der Waals surface area contributed by atoms with Crippen molar-refractivity contribution in [3.05, 3.63) is 24.3 Å². The summed E-state index contributed by atoms with van der Waals surface area (Å²) in [6.07, 6.45) is 0.984. The summed E-state index contributed by atoms with van der Waals surface area (Å²) in [4.78, 5) is 11.3. The van der Waals surface area contributed by atoms with Gasteiger partial charge in [0, 0.05) is 19.1 Å². The standard InChI is InChI=1S/C13H16N4O.ClH/c1-18-13-12(17-7-6-9(14)8-17)15-10-4-2-3-5-11(10)16-13;/h2-5,9H,6-8,14H2,1H3;1H. The molecule has 6 heteroatoms. The second-order valence-corrected chi connectivity index (χ2v) is 4.54. The van der Waals surface area contributed by atoms with E-state index in [0.29, 0.717) is 5.88 Å². The molecule has 102 valence electrons. The first-order chi connectivity index (χ1) is 8.78. The van der Waals surface area contributed by atoms with Crippen molar-refractivity contribution in [2.45, 2.75) is 12.5 Å². The van der Waals surface area contributed by atoms with Gasteiger partial charge in [-0.2, -0.15) is 0 Å². The van der Waals surface area contributed by atoms with E-state index in [4.69, 9.17) is 10.5 Å². The molecule has 0 saturated carbocycles. The van der Waals surface area contributed by atoms with Crippen LogP contribution in [-0.4, -0.2) is 36.2 Å². The third-order valence-corrected chi connectivity index (χ3v) is 3.24. The molecule has 1 aliphatic rings. The largest absolute Gasteiger partial charge is 0.478 e. The molecule has 0 bridgehead atoms. The lowest BCUT2D eigenvalue weighted by molar-refractivity contribution is 0.398. The first-order valence-electron chi connectivity index (χ1n) is 6.09. The van der Waals surface area contributed by atoms with E-state index in [1.54, 1.807) is 7.11 Å². The zero-order valence-electron chi connectivity index (χ0n) is 10.7. The van der Waals surface area contributed by atoms with E-state index in [-0.39, 0.29) is 18.4 Å². The molecule has 1 fully saturated rings. The number of halogens is 1. The maximum atomic E-state index is 5.94. The Morgan fingerprint density at radius 1 is 1.26 bits per heavy atom. The number of methoxy groups -OCH3 is 1. The van der Waals surface area contributed by atoms with Gasteiger partial charge in [-0.25, -0.2) is 9.97 Å². The Bertz CT molecular complexity index is 578. The molecule has 2 N–H and O–H groups in total. The molecule has 2 heterocycles. The summed E-state index contributed by atoms with van der Waals surface area (Å²) in [5.74, 6) is 1.37. The Balaban J connectivity index is 0.00000133. The van der Waals surface area contributed by atoms with Crippen LogP contribution in [0.3, 0.4) is 0 Å². The fourth-order valence-electron chi connectivity index (χ4n) is 2.30. The minimum atomic E-state index is 0. The number of nitrogens with two attached hydrogens (primary N) is 1. The van der Waals surface area contributed by atoms with Gasteiger partial charge in [-0.3, -0.25) is 0 Å². The van der Waals surface area contributed by atoms with Crippen molar-refractivity contribution in [1.82, 2.24) is 9.97 Å². The van der Waals surface area contributed by atoms with Crippen LogP contribution in [-0.2, 0) is 0 Å². The highest BCUT2D eigenvalue weighted by atomic mass is 35.5. The molecular formula is C13H17ClN4O. The molecule has 0 spiro atoms. The molecule has 19 heavy (non-hydrogen) atoms. The second kappa shape index (κ2) is 5.59. The zero-order chi connectivity index (χ0) is 12.5. The normalized spacial score (nSPS) is 18.4. The van der Waals surface area contributed by atoms with Gasteiger partial charge in [0.1, 0.15) is 0 Å². The number of nitrogens with zero attached hydrogens (tertiary/aromatic N) is 3. The molecule has 0 amide bonds. The average molecular weight is 281 g/mol. The molecule has 1 atom stereocenters. The lowest BCUT2D eigenvalue weighted by Gasteiger charge is -2.19. The van der Waals surface area contributed by atoms with Crippen LogP contribution >= 0.6 is 12.4 Å². The molecule has 3 rings (SSSR count). The van der Waals surface area contributed by atoms with Gasteiger partial charge in [0.15, 0.2) is 5.82 Å². The number of anilines is 1. The summed E-state index contributed by atoms with van der Waals surface area (Å²) in [7, 11) is 1.62. The Kier molecular flexibility index (Phi) is 4.07. The van der Waals surface area contributed by atoms with Crippen LogP contribution in [0.25, 0.3) is 11.0 Å². The summed E-state index contributed by atoms with van der Waals surface area (Å²) in [5, 5.41) is 0. The van der Waals surface area contributed by atoms with E-state index in [1.807, 2.05) is 24.3 Å². The van der Waals surface area contributed by atoms with Gasteiger partial charge < -0.3 is 15.4 Å². The summed E-state index contributed by atoms with van der Waals surface area (Å²) in [5.41, 5.74) is 7.67.